The Hall–Kier alpha value is -1.30. The van der Waals surface area contributed by atoms with E-state index in [2.05, 4.69) is 4.98 Å². The van der Waals surface area contributed by atoms with E-state index in [0.717, 1.165) is 18.5 Å². The number of pyridine rings is 1. The zero-order chi connectivity index (χ0) is 12.3. The van der Waals surface area contributed by atoms with E-state index in [-0.39, 0.29) is 10.6 Å². The second-order valence-corrected chi connectivity index (χ2v) is 3.50. The molecule has 1 aromatic heterocycles. The molecule has 16 heavy (non-hydrogen) atoms. The third-order valence-corrected chi connectivity index (χ3v) is 2.27. The van der Waals surface area contributed by atoms with Crippen LogP contribution in [-0.4, -0.2) is 22.2 Å². The summed E-state index contributed by atoms with van der Waals surface area (Å²) in [6, 6.07) is 1.07. The number of aliphatic carboxylic acids is 1. The Morgan fingerprint density at radius 3 is 2.62 bits per heavy atom. The summed E-state index contributed by atoms with van der Waals surface area (Å²) >= 11 is 5.55. The number of hydrogen-bond donors (Lipinski definition) is 1. The third kappa shape index (κ3) is 3.10. The molecule has 0 saturated carbocycles. The van der Waals surface area contributed by atoms with Crippen molar-refractivity contribution in [1.29, 1.82) is 0 Å². The molecule has 0 fully saturated rings. The first kappa shape index (κ1) is 12.8. The molecule has 0 spiro atoms. The number of rotatable bonds is 3. The van der Waals surface area contributed by atoms with Crippen molar-refractivity contribution >= 4 is 17.6 Å². The van der Waals surface area contributed by atoms with Gasteiger partial charge in [-0.3, -0.25) is 9.78 Å². The van der Waals surface area contributed by atoms with Crippen LogP contribution in [-0.2, 0) is 4.79 Å². The molecule has 0 amide bonds. The molecule has 0 saturated heterocycles. The van der Waals surface area contributed by atoms with E-state index in [1.165, 1.54) is 0 Å². The maximum atomic E-state index is 12.6. The molecule has 1 aromatic rings. The molecule has 0 aromatic carbocycles. The second kappa shape index (κ2) is 4.69. The van der Waals surface area contributed by atoms with Gasteiger partial charge in [-0.25, -0.2) is 0 Å². The Bertz CT molecular complexity index is 395. The van der Waals surface area contributed by atoms with Gasteiger partial charge in [0.25, 0.3) is 0 Å². The quantitative estimate of drug-likeness (QED) is 0.901. The highest BCUT2D eigenvalue weighted by Crippen LogP contribution is 2.39. The van der Waals surface area contributed by atoms with Crippen molar-refractivity contribution in [3.8, 4) is 0 Å². The smallest absolute Gasteiger partial charge is 0.396 e. The average molecular weight is 254 g/mol. The molecule has 88 valence electrons. The summed E-state index contributed by atoms with van der Waals surface area (Å²) in [6.07, 6.45) is -3.50. The zero-order valence-corrected chi connectivity index (χ0v) is 8.59. The summed E-state index contributed by atoms with van der Waals surface area (Å²) < 4.78 is 37.8. The molecule has 1 unspecified atom stereocenters. The Kier molecular flexibility index (Phi) is 3.74. The fourth-order valence-electron chi connectivity index (χ4n) is 1.25. The van der Waals surface area contributed by atoms with Crippen LogP contribution < -0.4 is 0 Å². The predicted molar refractivity (Wildman–Crippen MR) is 50.3 cm³/mol. The predicted octanol–water partition coefficient (Wildman–Crippen LogP) is 2.86. The van der Waals surface area contributed by atoms with Crippen LogP contribution in [0.5, 0.6) is 0 Å². The summed E-state index contributed by atoms with van der Waals surface area (Å²) in [5.41, 5.74) is -0.272. The zero-order valence-electron chi connectivity index (χ0n) is 7.83. The Labute approximate surface area is 93.9 Å². The molecule has 7 heteroatoms. The highest BCUT2D eigenvalue weighted by atomic mass is 35.5. The highest BCUT2D eigenvalue weighted by molar-refractivity contribution is 6.31. The van der Waals surface area contributed by atoms with E-state index in [1.807, 2.05) is 0 Å². The van der Waals surface area contributed by atoms with Crippen LogP contribution in [0.15, 0.2) is 18.5 Å². The fourth-order valence-corrected chi connectivity index (χ4v) is 1.50. The summed E-state index contributed by atoms with van der Waals surface area (Å²) in [5, 5.41) is 8.25. The average Bonchev–Trinajstić information content (AvgIpc) is 2.13. The van der Waals surface area contributed by atoms with E-state index in [0.29, 0.717) is 0 Å². The van der Waals surface area contributed by atoms with Gasteiger partial charge in [0.1, 0.15) is 0 Å². The Morgan fingerprint density at radius 2 is 2.19 bits per heavy atom. The maximum Gasteiger partial charge on any atom is 0.396 e. The second-order valence-electron chi connectivity index (χ2n) is 3.09. The minimum atomic E-state index is -4.65. The van der Waals surface area contributed by atoms with Gasteiger partial charge in [-0.15, -0.1) is 0 Å². The van der Waals surface area contributed by atoms with Gasteiger partial charge in [0.2, 0.25) is 0 Å². The molecule has 1 rings (SSSR count). The summed E-state index contributed by atoms with van der Waals surface area (Å²) in [6.45, 7) is 0. The van der Waals surface area contributed by atoms with Crippen molar-refractivity contribution in [3.63, 3.8) is 0 Å². The van der Waals surface area contributed by atoms with Crippen molar-refractivity contribution < 1.29 is 23.1 Å². The molecular formula is C9H7ClF3NO2. The van der Waals surface area contributed by atoms with Crippen LogP contribution in [0.25, 0.3) is 0 Å². The third-order valence-electron chi connectivity index (χ3n) is 1.95. The van der Waals surface area contributed by atoms with Gasteiger partial charge in [0, 0.05) is 12.4 Å². The van der Waals surface area contributed by atoms with E-state index in [1.54, 1.807) is 0 Å². The van der Waals surface area contributed by atoms with Gasteiger partial charge in [0.15, 0.2) is 0 Å². The van der Waals surface area contributed by atoms with E-state index >= 15 is 0 Å². The van der Waals surface area contributed by atoms with Crippen LogP contribution >= 0.6 is 11.6 Å². The first-order valence-electron chi connectivity index (χ1n) is 4.20. The maximum absolute atomic E-state index is 12.6. The van der Waals surface area contributed by atoms with Crippen LogP contribution in [0, 0.1) is 0 Å². The largest absolute Gasteiger partial charge is 0.481 e. The number of hydrogen-bond acceptors (Lipinski definition) is 2. The number of nitrogens with zero attached hydrogens (tertiary/aromatic N) is 1. The number of alkyl halides is 3. The molecule has 3 nitrogen and oxygen atoms in total. The number of aromatic nitrogens is 1. The summed E-state index contributed by atoms with van der Waals surface area (Å²) in [4.78, 5) is 13.9. The topological polar surface area (TPSA) is 50.2 Å². The Balaban J connectivity index is 3.12. The van der Waals surface area contributed by atoms with E-state index < -0.39 is 24.5 Å². The lowest BCUT2D eigenvalue weighted by molar-refractivity contribution is -0.163. The van der Waals surface area contributed by atoms with Crippen molar-refractivity contribution in [2.45, 2.75) is 18.5 Å². The minimum Gasteiger partial charge on any atom is -0.481 e. The van der Waals surface area contributed by atoms with Crippen molar-refractivity contribution in [3.05, 3.63) is 29.0 Å². The lowest BCUT2D eigenvalue weighted by Gasteiger charge is -2.19. The van der Waals surface area contributed by atoms with Gasteiger partial charge in [-0.2, -0.15) is 13.2 Å². The number of carboxylic acid groups (broad SMARTS) is 1. The molecule has 0 aliphatic carbocycles. The molecule has 1 atom stereocenters. The number of carboxylic acids is 1. The first-order valence-corrected chi connectivity index (χ1v) is 4.58. The van der Waals surface area contributed by atoms with Crippen LogP contribution in [0.3, 0.4) is 0 Å². The van der Waals surface area contributed by atoms with Crippen molar-refractivity contribution in [1.82, 2.24) is 4.98 Å². The van der Waals surface area contributed by atoms with Gasteiger partial charge in [-0.1, -0.05) is 11.6 Å². The summed E-state index contributed by atoms with van der Waals surface area (Å²) in [5.74, 6) is -3.64. The van der Waals surface area contributed by atoms with Gasteiger partial charge in [-0.05, 0) is 11.6 Å². The van der Waals surface area contributed by atoms with Gasteiger partial charge in [0.05, 0.1) is 17.4 Å². The SMILES string of the molecule is O=C(O)CC(c1ccncc1Cl)C(F)(F)F. The first-order chi connectivity index (χ1) is 7.32. The lowest BCUT2D eigenvalue weighted by atomic mass is 9.96. The van der Waals surface area contributed by atoms with Gasteiger partial charge < -0.3 is 5.11 Å². The van der Waals surface area contributed by atoms with Crippen molar-refractivity contribution in [2.75, 3.05) is 0 Å². The number of carbonyl (C=O) groups is 1. The van der Waals surface area contributed by atoms with Crippen LogP contribution in [0.4, 0.5) is 13.2 Å². The Morgan fingerprint density at radius 1 is 1.56 bits per heavy atom. The summed E-state index contributed by atoms with van der Waals surface area (Å²) in [7, 11) is 0. The normalized spacial score (nSPS) is 13.5. The molecule has 0 bridgehead atoms. The molecule has 0 aliphatic heterocycles. The highest BCUT2D eigenvalue weighted by Gasteiger charge is 2.42. The van der Waals surface area contributed by atoms with E-state index in [9.17, 15) is 18.0 Å². The minimum absolute atomic E-state index is 0.189. The van der Waals surface area contributed by atoms with Crippen molar-refractivity contribution in [2.24, 2.45) is 0 Å². The molecule has 1 N–H and O–H groups in total. The number of halogens is 4. The monoisotopic (exact) mass is 253 g/mol. The van der Waals surface area contributed by atoms with Crippen LogP contribution in [0.1, 0.15) is 17.9 Å². The molecule has 1 heterocycles. The standard InChI is InChI=1S/C9H7ClF3NO2/c10-7-4-14-2-1-5(7)6(3-8(15)16)9(11,12)13/h1-2,4,6H,3H2,(H,15,16). The molecule has 0 aliphatic rings. The molecular weight excluding hydrogens is 247 g/mol. The fraction of sp³-hybridized carbons (Fsp3) is 0.333. The van der Waals surface area contributed by atoms with E-state index in [4.69, 9.17) is 16.7 Å². The molecule has 0 radical (unpaired) electrons. The lowest BCUT2D eigenvalue weighted by Crippen LogP contribution is -2.24. The van der Waals surface area contributed by atoms with Gasteiger partial charge >= 0.3 is 12.1 Å². The van der Waals surface area contributed by atoms with Crippen LogP contribution in [0.2, 0.25) is 5.02 Å².